The van der Waals surface area contributed by atoms with Gasteiger partial charge in [0.15, 0.2) is 0 Å². The Hall–Kier alpha value is -0.570. The standard InChI is InChI=1S/C13H26N2O/c1-5-13(7-6-8-13)10-14-9-11(16)15-12(2,3)4/h14H,5-10H2,1-4H3,(H,15,16). The van der Waals surface area contributed by atoms with Crippen LogP contribution in [0.2, 0.25) is 0 Å². The average Bonchev–Trinajstić information content (AvgIpc) is 2.06. The number of rotatable bonds is 5. The normalized spacial score (nSPS) is 19.0. The molecule has 2 N–H and O–H groups in total. The van der Waals surface area contributed by atoms with Crippen LogP contribution < -0.4 is 10.6 Å². The van der Waals surface area contributed by atoms with Crippen LogP contribution in [0, 0.1) is 5.41 Å². The van der Waals surface area contributed by atoms with E-state index in [9.17, 15) is 4.79 Å². The molecule has 0 atom stereocenters. The molecule has 0 aromatic rings. The maximum absolute atomic E-state index is 11.6. The lowest BCUT2D eigenvalue weighted by Crippen LogP contribution is -2.47. The summed E-state index contributed by atoms with van der Waals surface area (Å²) in [6.45, 7) is 9.69. The molecule has 0 saturated heterocycles. The van der Waals surface area contributed by atoms with Crippen LogP contribution in [0.4, 0.5) is 0 Å². The summed E-state index contributed by atoms with van der Waals surface area (Å²) >= 11 is 0. The summed E-state index contributed by atoms with van der Waals surface area (Å²) in [6, 6.07) is 0. The first-order chi connectivity index (χ1) is 7.37. The molecule has 3 nitrogen and oxygen atoms in total. The molecule has 1 fully saturated rings. The van der Waals surface area contributed by atoms with Crippen molar-refractivity contribution >= 4 is 5.91 Å². The van der Waals surface area contributed by atoms with E-state index in [1.54, 1.807) is 0 Å². The van der Waals surface area contributed by atoms with Crippen molar-refractivity contribution in [1.29, 1.82) is 0 Å². The maximum atomic E-state index is 11.6. The fraction of sp³-hybridized carbons (Fsp3) is 0.923. The van der Waals surface area contributed by atoms with Gasteiger partial charge in [0.25, 0.3) is 0 Å². The first-order valence-corrected chi connectivity index (χ1v) is 6.39. The molecule has 0 aliphatic heterocycles. The Kier molecular flexibility index (Phi) is 4.36. The molecule has 1 aliphatic carbocycles. The molecule has 3 heteroatoms. The zero-order valence-electron chi connectivity index (χ0n) is 11.2. The third-order valence-corrected chi connectivity index (χ3v) is 3.46. The summed E-state index contributed by atoms with van der Waals surface area (Å²) in [5.41, 5.74) is 0.361. The SMILES string of the molecule is CCC1(CNCC(=O)NC(C)(C)C)CCC1. The zero-order chi connectivity index (χ0) is 12.2. The van der Waals surface area contributed by atoms with Crippen molar-refractivity contribution in [2.75, 3.05) is 13.1 Å². The van der Waals surface area contributed by atoms with Crippen LogP contribution in [0.3, 0.4) is 0 Å². The van der Waals surface area contributed by atoms with Crippen LogP contribution in [-0.4, -0.2) is 24.5 Å². The van der Waals surface area contributed by atoms with E-state index in [0.29, 0.717) is 12.0 Å². The van der Waals surface area contributed by atoms with E-state index in [1.165, 1.54) is 25.7 Å². The van der Waals surface area contributed by atoms with Crippen molar-refractivity contribution in [2.45, 2.75) is 58.9 Å². The van der Waals surface area contributed by atoms with Gasteiger partial charge in [-0.2, -0.15) is 0 Å². The zero-order valence-corrected chi connectivity index (χ0v) is 11.2. The highest BCUT2D eigenvalue weighted by Gasteiger charge is 2.34. The molecule has 0 unspecified atom stereocenters. The van der Waals surface area contributed by atoms with Gasteiger partial charge in [-0.25, -0.2) is 0 Å². The lowest BCUT2D eigenvalue weighted by Gasteiger charge is -2.41. The van der Waals surface area contributed by atoms with Gasteiger partial charge in [0.1, 0.15) is 0 Å². The summed E-state index contributed by atoms with van der Waals surface area (Å²) < 4.78 is 0. The fourth-order valence-electron chi connectivity index (χ4n) is 2.24. The molecule has 1 rings (SSSR count). The summed E-state index contributed by atoms with van der Waals surface area (Å²) in [5.74, 6) is 0.0954. The minimum atomic E-state index is -0.127. The molecule has 0 aromatic carbocycles. The Bertz CT molecular complexity index is 233. The van der Waals surface area contributed by atoms with Gasteiger partial charge in [-0.05, 0) is 45.4 Å². The predicted octanol–water partition coefficient (Wildman–Crippen LogP) is 2.07. The molecule has 94 valence electrons. The van der Waals surface area contributed by atoms with Gasteiger partial charge in [-0.15, -0.1) is 0 Å². The first-order valence-electron chi connectivity index (χ1n) is 6.39. The molecular formula is C13H26N2O. The third-order valence-electron chi connectivity index (χ3n) is 3.46. The number of hydrogen-bond acceptors (Lipinski definition) is 2. The topological polar surface area (TPSA) is 41.1 Å². The monoisotopic (exact) mass is 226 g/mol. The van der Waals surface area contributed by atoms with Crippen LogP contribution in [0.1, 0.15) is 53.4 Å². The van der Waals surface area contributed by atoms with Crippen LogP contribution >= 0.6 is 0 Å². The summed E-state index contributed by atoms with van der Waals surface area (Å²) in [7, 11) is 0. The van der Waals surface area contributed by atoms with Crippen molar-refractivity contribution in [3.63, 3.8) is 0 Å². The Labute approximate surface area is 99.4 Å². The maximum Gasteiger partial charge on any atom is 0.234 e. The smallest absolute Gasteiger partial charge is 0.234 e. The Morgan fingerprint density at radius 2 is 1.94 bits per heavy atom. The summed E-state index contributed by atoms with van der Waals surface area (Å²) in [5, 5.41) is 6.25. The fourth-order valence-corrected chi connectivity index (χ4v) is 2.24. The lowest BCUT2D eigenvalue weighted by atomic mass is 9.67. The van der Waals surface area contributed by atoms with Crippen molar-refractivity contribution < 1.29 is 4.79 Å². The Morgan fingerprint density at radius 3 is 2.31 bits per heavy atom. The van der Waals surface area contributed by atoms with E-state index < -0.39 is 0 Å². The van der Waals surface area contributed by atoms with E-state index in [4.69, 9.17) is 0 Å². The predicted molar refractivity (Wildman–Crippen MR) is 67.3 cm³/mol. The van der Waals surface area contributed by atoms with Crippen LogP contribution in [0.15, 0.2) is 0 Å². The van der Waals surface area contributed by atoms with Crippen molar-refractivity contribution in [2.24, 2.45) is 5.41 Å². The highest BCUT2D eigenvalue weighted by Crippen LogP contribution is 2.42. The van der Waals surface area contributed by atoms with E-state index in [1.807, 2.05) is 20.8 Å². The van der Waals surface area contributed by atoms with E-state index in [-0.39, 0.29) is 11.4 Å². The molecule has 1 amide bonds. The van der Waals surface area contributed by atoms with Gasteiger partial charge in [0, 0.05) is 12.1 Å². The van der Waals surface area contributed by atoms with Crippen LogP contribution in [0.5, 0.6) is 0 Å². The van der Waals surface area contributed by atoms with Gasteiger partial charge >= 0.3 is 0 Å². The van der Waals surface area contributed by atoms with Crippen molar-refractivity contribution in [3.05, 3.63) is 0 Å². The van der Waals surface area contributed by atoms with Gasteiger partial charge < -0.3 is 10.6 Å². The number of nitrogens with one attached hydrogen (secondary N) is 2. The van der Waals surface area contributed by atoms with Crippen molar-refractivity contribution in [1.82, 2.24) is 10.6 Å². The Balaban J connectivity index is 2.18. The second-order valence-corrected chi connectivity index (χ2v) is 6.11. The first kappa shape index (κ1) is 13.5. The molecule has 0 radical (unpaired) electrons. The third kappa shape index (κ3) is 4.12. The molecule has 0 spiro atoms. The second kappa shape index (κ2) is 5.17. The van der Waals surface area contributed by atoms with Gasteiger partial charge in [-0.3, -0.25) is 4.79 Å². The van der Waals surface area contributed by atoms with E-state index >= 15 is 0 Å². The van der Waals surface area contributed by atoms with E-state index in [2.05, 4.69) is 17.6 Å². The second-order valence-electron chi connectivity index (χ2n) is 6.11. The molecule has 0 aromatic heterocycles. The van der Waals surface area contributed by atoms with Gasteiger partial charge in [-0.1, -0.05) is 13.3 Å². The number of carbonyl (C=O) groups is 1. The lowest BCUT2D eigenvalue weighted by molar-refractivity contribution is -0.121. The molecule has 0 heterocycles. The van der Waals surface area contributed by atoms with Crippen LogP contribution in [0.25, 0.3) is 0 Å². The molecule has 1 saturated carbocycles. The number of amides is 1. The largest absolute Gasteiger partial charge is 0.350 e. The number of carbonyl (C=O) groups excluding carboxylic acids is 1. The molecule has 16 heavy (non-hydrogen) atoms. The average molecular weight is 226 g/mol. The van der Waals surface area contributed by atoms with Gasteiger partial charge in [0.05, 0.1) is 6.54 Å². The minimum Gasteiger partial charge on any atom is -0.350 e. The minimum absolute atomic E-state index is 0.0954. The van der Waals surface area contributed by atoms with E-state index in [0.717, 1.165) is 6.54 Å². The highest BCUT2D eigenvalue weighted by atomic mass is 16.2. The molecule has 0 bridgehead atoms. The molecule has 1 aliphatic rings. The Morgan fingerprint density at radius 1 is 1.31 bits per heavy atom. The van der Waals surface area contributed by atoms with Gasteiger partial charge in [0.2, 0.25) is 5.91 Å². The number of hydrogen-bond donors (Lipinski definition) is 2. The summed E-state index contributed by atoms with van der Waals surface area (Å²) in [6.07, 6.45) is 5.21. The highest BCUT2D eigenvalue weighted by molar-refractivity contribution is 5.78. The molecular weight excluding hydrogens is 200 g/mol. The summed E-state index contributed by atoms with van der Waals surface area (Å²) in [4.78, 5) is 11.6. The van der Waals surface area contributed by atoms with Crippen LogP contribution in [-0.2, 0) is 4.79 Å². The van der Waals surface area contributed by atoms with Crippen molar-refractivity contribution in [3.8, 4) is 0 Å². The quantitative estimate of drug-likeness (QED) is 0.753.